The van der Waals surface area contributed by atoms with Crippen LogP contribution in [0.15, 0.2) is 42.6 Å². The highest BCUT2D eigenvalue weighted by molar-refractivity contribution is 5.79. The Morgan fingerprint density at radius 1 is 1.21 bits per heavy atom. The van der Waals surface area contributed by atoms with Crippen molar-refractivity contribution in [3.63, 3.8) is 0 Å². The predicted molar refractivity (Wildman–Crippen MR) is 73.0 cm³/mol. The largest absolute Gasteiger partial charge is 0.399 e. The summed E-state index contributed by atoms with van der Waals surface area (Å²) in [7, 11) is 0. The van der Waals surface area contributed by atoms with Crippen LogP contribution in [-0.4, -0.2) is 15.8 Å². The zero-order chi connectivity index (χ0) is 13.2. The van der Waals surface area contributed by atoms with Crippen LogP contribution in [0.3, 0.4) is 0 Å². The number of rotatable bonds is 2. The van der Waals surface area contributed by atoms with Gasteiger partial charge in [0.25, 0.3) is 0 Å². The van der Waals surface area contributed by atoms with Gasteiger partial charge in [-0.2, -0.15) is 0 Å². The summed E-state index contributed by atoms with van der Waals surface area (Å²) >= 11 is 0. The number of hydrogen-bond acceptors (Lipinski definition) is 3. The lowest BCUT2D eigenvalue weighted by Gasteiger charge is -2.14. The van der Waals surface area contributed by atoms with Gasteiger partial charge in [-0.05, 0) is 35.4 Å². The van der Waals surface area contributed by atoms with Gasteiger partial charge in [0.05, 0.1) is 6.42 Å². The maximum atomic E-state index is 12.2. The second kappa shape index (κ2) is 4.72. The molecule has 2 heterocycles. The van der Waals surface area contributed by atoms with E-state index in [9.17, 15) is 4.79 Å². The number of carbonyl (C=O) groups is 1. The average Bonchev–Trinajstić information content (AvgIpc) is 2.83. The number of pyridine rings is 1. The normalized spacial score (nSPS) is 13.4. The van der Waals surface area contributed by atoms with Gasteiger partial charge in [0.15, 0.2) is 0 Å². The smallest absolute Gasteiger partial charge is 0.229 e. The molecule has 0 saturated heterocycles. The first kappa shape index (κ1) is 11.7. The van der Waals surface area contributed by atoms with E-state index in [1.165, 1.54) is 5.56 Å². The molecule has 96 valence electrons. The van der Waals surface area contributed by atoms with Crippen molar-refractivity contribution in [1.29, 1.82) is 0 Å². The van der Waals surface area contributed by atoms with Gasteiger partial charge in [0.2, 0.25) is 5.91 Å². The van der Waals surface area contributed by atoms with Crippen molar-refractivity contribution < 1.29 is 4.79 Å². The number of anilines is 1. The van der Waals surface area contributed by atoms with Gasteiger partial charge in [-0.15, -0.1) is 0 Å². The van der Waals surface area contributed by atoms with Crippen molar-refractivity contribution in [1.82, 2.24) is 9.88 Å². The van der Waals surface area contributed by atoms with Gasteiger partial charge in [0.1, 0.15) is 0 Å². The highest BCUT2D eigenvalue weighted by Crippen LogP contribution is 2.25. The molecule has 1 aliphatic heterocycles. The molecule has 4 heteroatoms. The molecule has 0 bridgehead atoms. The summed E-state index contributed by atoms with van der Waals surface area (Å²) in [5.74, 6) is 0.105. The average molecular weight is 253 g/mol. The number of carbonyl (C=O) groups excluding carboxylic acids is 1. The van der Waals surface area contributed by atoms with Crippen molar-refractivity contribution in [2.45, 2.75) is 19.5 Å². The standard InChI is InChI=1S/C15H15N3O/c16-13-5-4-11-9-18(10-12(11)7-13)15(19)8-14-3-1-2-6-17-14/h1-7H,8-10,16H2. The number of nitrogen functional groups attached to an aromatic ring is 1. The van der Waals surface area contributed by atoms with Crippen LogP contribution in [0, 0.1) is 0 Å². The van der Waals surface area contributed by atoms with Gasteiger partial charge in [-0.25, -0.2) is 0 Å². The van der Waals surface area contributed by atoms with E-state index in [2.05, 4.69) is 4.98 Å². The maximum Gasteiger partial charge on any atom is 0.229 e. The summed E-state index contributed by atoms with van der Waals surface area (Å²) in [6.45, 7) is 1.31. The molecule has 19 heavy (non-hydrogen) atoms. The van der Waals surface area contributed by atoms with E-state index in [-0.39, 0.29) is 5.91 Å². The third kappa shape index (κ3) is 2.42. The van der Waals surface area contributed by atoms with Gasteiger partial charge in [-0.1, -0.05) is 12.1 Å². The number of hydrogen-bond donors (Lipinski definition) is 1. The van der Waals surface area contributed by atoms with Crippen LogP contribution in [0.4, 0.5) is 5.69 Å². The second-order valence-electron chi connectivity index (χ2n) is 4.78. The Morgan fingerprint density at radius 2 is 2.05 bits per heavy atom. The minimum atomic E-state index is 0.105. The molecule has 1 aliphatic rings. The first-order valence-electron chi connectivity index (χ1n) is 6.27. The van der Waals surface area contributed by atoms with Crippen LogP contribution in [-0.2, 0) is 24.3 Å². The Kier molecular flexibility index (Phi) is 2.91. The van der Waals surface area contributed by atoms with Crippen molar-refractivity contribution in [2.75, 3.05) is 5.73 Å². The molecular weight excluding hydrogens is 238 g/mol. The SMILES string of the molecule is Nc1ccc2c(c1)CN(C(=O)Cc1ccccn1)C2. The Labute approximate surface area is 111 Å². The molecule has 3 rings (SSSR count). The summed E-state index contributed by atoms with van der Waals surface area (Å²) in [4.78, 5) is 18.3. The predicted octanol–water partition coefficient (Wildman–Crippen LogP) is 1.75. The molecule has 0 fully saturated rings. The summed E-state index contributed by atoms with van der Waals surface area (Å²) in [6, 6.07) is 11.4. The van der Waals surface area contributed by atoms with E-state index in [1.54, 1.807) is 6.20 Å². The highest BCUT2D eigenvalue weighted by Gasteiger charge is 2.23. The number of fused-ring (bicyclic) bond motifs is 1. The van der Waals surface area contributed by atoms with E-state index in [0.29, 0.717) is 19.5 Å². The Hall–Kier alpha value is -2.36. The Balaban J connectivity index is 1.71. The molecule has 1 amide bonds. The molecule has 1 aromatic heterocycles. The van der Waals surface area contributed by atoms with E-state index < -0.39 is 0 Å². The summed E-state index contributed by atoms with van der Waals surface area (Å²) < 4.78 is 0. The molecule has 2 N–H and O–H groups in total. The third-order valence-corrected chi connectivity index (χ3v) is 3.36. The molecule has 0 unspecified atom stereocenters. The first-order chi connectivity index (χ1) is 9.22. The summed E-state index contributed by atoms with van der Waals surface area (Å²) in [6.07, 6.45) is 2.06. The van der Waals surface area contributed by atoms with Crippen LogP contribution in [0.2, 0.25) is 0 Å². The van der Waals surface area contributed by atoms with Crippen molar-refractivity contribution in [2.24, 2.45) is 0 Å². The van der Waals surface area contributed by atoms with Crippen LogP contribution in [0.25, 0.3) is 0 Å². The van der Waals surface area contributed by atoms with E-state index in [4.69, 9.17) is 5.73 Å². The molecule has 0 spiro atoms. The maximum absolute atomic E-state index is 12.2. The lowest BCUT2D eigenvalue weighted by Crippen LogP contribution is -2.27. The molecule has 1 aromatic carbocycles. The van der Waals surface area contributed by atoms with Gasteiger partial charge < -0.3 is 10.6 Å². The van der Waals surface area contributed by atoms with Crippen molar-refractivity contribution in [3.05, 3.63) is 59.4 Å². The fraction of sp³-hybridized carbons (Fsp3) is 0.200. The van der Waals surface area contributed by atoms with Crippen LogP contribution in [0.5, 0.6) is 0 Å². The number of aromatic nitrogens is 1. The van der Waals surface area contributed by atoms with Crippen LogP contribution >= 0.6 is 0 Å². The minimum absolute atomic E-state index is 0.105. The van der Waals surface area contributed by atoms with Crippen molar-refractivity contribution in [3.8, 4) is 0 Å². The summed E-state index contributed by atoms with van der Waals surface area (Å²) in [5, 5.41) is 0. The minimum Gasteiger partial charge on any atom is -0.399 e. The zero-order valence-electron chi connectivity index (χ0n) is 10.5. The van der Waals surface area contributed by atoms with E-state index in [1.807, 2.05) is 41.3 Å². The van der Waals surface area contributed by atoms with Crippen LogP contribution < -0.4 is 5.73 Å². The van der Waals surface area contributed by atoms with Gasteiger partial charge in [0, 0.05) is 30.7 Å². The van der Waals surface area contributed by atoms with E-state index in [0.717, 1.165) is 16.9 Å². The summed E-state index contributed by atoms with van der Waals surface area (Å²) in [5.41, 5.74) is 9.65. The van der Waals surface area contributed by atoms with E-state index >= 15 is 0 Å². The molecule has 0 saturated carbocycles. The quantitative estimate of drug-likeness (QED) is 0.829. The third-order valence-electron chi connectivity index (χ3n) is 3.36. The monoisotopic (exact) mass is 253 g/mol. The lowest BCUT2D eigenvalue weighted by molar-refractivity contribution is -0.131. The Morgan fingerprint density at radius 3 is 2.84 bits per heavy atom. The molecule has 0 radical (unpaired) electrons. The van der Waals surface area contributed by atoms with Gasteiger partial charge in [-0.3, -0.25) is 9.78 Å². The fourth-order valence-electron chi connectivity index (χ4n) is 2.36. The fourth-order valence-corrected chi connectivity index (χ4v) is 2.36. The highest BCUT2D eigenvalue weighted by atomic mass is 16.2. The Bertz CT molecular complexity index is 610. The number of nitrogens with two attached hydrogens (primary N) is 1. The lowest BCUT2D eigenvalue weighted by atomic mass is 10.1. The molecular formula is C15H15N3O. The first-order valence-corrected chi connectivity index (χ1v) is 6.27. The van der Waals surface area contributed by atoms with Crippen LogP contribution in [0.1, 0.15) is 16.8 Å². The van der Waals surface area contributed by atoms with Gasteiger partial charge >= 0.3 is 0 Å². The number of nitrogens with zero attached hydrogens (tertiary/aromatic N) is 2. The second-order valence-corrected chi connectivity index (χ2v) is 4.78. The number of amides is 1. The molecule has 0 atom stereocenters. The topological polar surface area (TPSA) is 59.2 Å². The zero-order valence-corrected chi connectivity index (χ0v) is 10.5. The molecule has 2 aromatic rings. The van der Waals surface area contributed by atoms with Crippen molar-refractivity contribution >= 4 is 11.6 Å². The molecule has 4 nitrogen and oxygen atoms in total. The molecule has 0 aliphatic carbocycles. The number of benzene rings is 1.